The summed E-state index contributed by atoms with van der Waals surface area (Å²) in [6.45, 7) is 5.80. The minimum Gasteiger partial charge on any atom is -0.379 e. The molecule has 1 atom stereocenters. The van der Waals surface area contributed by atoms with Crippen LogP contribution in [0, 0.1) is 11.8 Å². The van der Waals surface area contributed by atoms with E-state index in [1.54, 1.807) is 0 Å². The van der Waals surface area contributed by atoms with E-state index in [1.165, 1.54) is 17.7 Å². The minimum absolute atomic E-state index is 0.593. The van der Waals surface area contributed by atoms with Crippen LogP contribution >= 0.6 is 11.3 Å². The topological polar surface area (TPSA) is 36.9 Å². The van der Waals surface area contributed by atoms with Crippen molar-refractivity contribution in [1.29, 1.82) is 0 Å². The third-order valence-corrected chi connectivity index (χ3v) is 4.83. The third-order valence-electron chi connectivity index (χ3n) is 3.93. The SMILES string of the molecule is CN=C(NCC(C)Cc1cccs1)N(C)CCOCC1CC1. The van der Waals surface area contributed by atoms with E-state index in [0.29, 0.717) is 5.92 Å². The van der Waals surface area contributed by atoms with Gasteiger partial charge in [-0.1, -0.05) is 13.0 Å². The molecule has 1 N–H and O–H groups in total. The Morgan fingerprint density at radius 1 is 1.55 bits per heavy atom. The molecule has 0 spiro atoms. The second-order valence-corrected chi connectivity index (χ2v) is 7.29. The Labute approximate surface area is 138 Å². The molecule has 0 saturated heterocycles. The Hall–Kier alpha value is -1.07. The van der Waals surface area contributed by atoms with Crippen LogP contribution in [0.4, 0.5) is 0 Å². The lowest BCUT2D eigenvalue weighted by molar-refractivity contribution is 0.115. The first-order chi connectivity index (χ1) is 10.7. The first-order valence-corrected chi connectivity index (χ1v) is 9.09. The van der Waals surface area contributed by atoms with Gasteiger partial charge in [0.1, 0.15) is 0 Å². The summed E-state index contributed by atoms with van der Waals surface area (Å²) in [5.74, 6) is 2.38. The van der Waals surface area contributed by atoms with Crippen molar-refractivity contribution >= 4 is 17.3 Å². The van der Waals surface area contributed by atoms with Gasteiger partial charge in [0.15, 0.2) is 5.96 Å². The number of aliphatic imine (C=N–C) groups is 1. The van der Waals surface area contributed by atoms with Crippen LogP contribution in [0.15, 0.2) is 22.5 Å². The molecule has 1 aliphatic carbocycles. The molecule has 5 heteroatoms. The van der Waals surface area contributed by atoms with Crippen LogP contribution in [-0.4, -0.2) is 51.3 Å². The maximum absolute atomic E-state index is 5.70. The first kappa shape index (κ1) is 17.3. The molecule has 1 unspecified atom stereocenters. The fraction of sp³-hybridized carbons (Fsp3) is 0.706. The number of rotatable bonds is 9. The van der Waals surface area contributed by atoms with Crippen molar-refractivity contribution in [1.82, 2.24) is 10.2 Å². The zero-order valence-electron chi connectivity index (χ0n) is 14.0. The highest BCUT2D eigenvalue weighted by Gasteiger charge is 2.21. The Morgan fingerprint density at radius 3 is 3.00 bits per heavy atom. The van der Waals surface area contributed by atoms with Gasteiger partial charge in [-0.15, -0.1) is 11.3 Å². The largest absolute Gasteiger partial charge is 0.379 e. The van der Waals surface area contributed by atoms with Gasteiger partial charge in [0, 0.05) is 38.7 Å². The molecule has 1 aliphatic rings. The summed E-state index contributed by atoms with van der Waals surface area (Å²) in [7, 11) is 3.91. The summed E-state index contributed by atoms with van der Waals surface area (Å²) in [5, 5.41) is 5.61. The van der Waals surface area contributed by atoms with Gasteiger partial charge in [-0.05, 0) is 42.5 Å². The van der Waals surface area contributed by atoms with E-state index in [9.17, 15) is 0 Å². The quantitative estimate of drug-likeness (QED) is 0.431. The van der Waals surface area contributed by atoms with Gasteiger partial charge in [-0.2, -0.15) is 0 Å². The van der Waals surface area contributed by atoms with Gasteiger partial charge in [-0.3, -0.25) is 4.99 Å². The summed E-state index contributed by atoms with van der Waals surface area (Å²) in [4.78, 5) is 7.96. The average Bonchev–Trinajstić information content (AvgIpc) is 3.20. The summed E-state index contributed by atoms with van der Waals surface area (Å²) < 4.78 is 5.70. The molecular formula is C17H29N3OS. The second kappa shape index (κ2) is 9.16. The Balaban J connectivity index is 1.62. The lowest BCUT2D eigenvalue weighted by atomic mass is 10.1. The molecule has 4 nitrogen and oxygen atoms in total. The number of hydrogen-bond donors (Lipinski definition) is 1. The number of nitrogens with one attached hydrogen (secondary N) is 1. The molecule has 1 fully saturated rings. The molecule has 0 bridgehead atoms. The zero-order valence-corrected chi connectivity index (χ0v) is 14.9. The molecule has 1 aromatic heterocycles. The van der Waals surface area contributed by atoms with E-state index in [2.05, 4.69) is 46.7 Å². The van der Waals surface area contributed by atoms with Crippen molar-refractivity contribution in [2.24, 2.45) is 16.8 Å². The molecule has 0 amide bonds. The summed E-state index contributed by atoms with van der Waals surface area (Å²) >= 11 is 1.83. The predicted octanol–water partition coefficient (Wildman–Crippen LogP) is 2.86. The lowest BCUT2D eigenvalue weighted by Gasteiger charge is -2.23. The van der Waals surface area contributed by atoms with Gasteiger partial charge < -0.3 is 15.0 Å². The van der Waals surface area contributed by atoms with Gasteiger partial charge in [0.25, 0.3) is 0 Å². The Morgan fingerprint density at radius 2 is 2.36 bits per heavy atom. The van der Waals surface area contributed by atoms with Crippen molar-refractivity contribution in [3.05, 3.63) is 22.4 Å². The van der Waals surface area contributed by atoms with E-state index < -0.39 is 0 Å². The van der Waals surface area contributed by atoms with Crippen molar-refractivity contribution in [3.63, 3.8) is 0 Å². The minimum atomic E-state index is 0.593. The van der Waals surface area contributed by atoms with Crippen LogP contribution < -0.4 is 5.32 Å². The number of nitrogens with zero attached hydrogens (tertiary/aromatic N) is 2. The van der Waals surface area contributed by atoms with Crippen LogP contribution in [0.3, 0.4) is 0 Å². The number of guanidine groups is 1. The van der Waals surface area contributed by atoms with Gasteiger partial charge >= 0.3 is 0 Å². The first-order valence-electron chi connectivity index (χ1n) is 8.21. The number of thiophene rings is 1. The number of ether oxygens (including phenoxy) is 1. The van der Waals surface area contributed by atoms with Crippen LogP contribution in [0.5, 0.6) is 0 Å². The van der Waals surface area contributed by atoms with Gasteiger partial charge in [0.05, 0.1) is 6.61 Å². The summed E-state index contributed by atoms with van der Waals surface area (Å²) in [6, 6.07) is 4.33. The molecular weight excluding hydrogens is 294 g/mol. The lowest BCUT2D eigenvalue weighted by Crippen LogP contribution is -2.42. The van der Waals surface area contributed by atoms with Crippen LogP contribution in [0.1, 0.15) is 24.6 Å². The van der Waals surface area contributed by atoms with Crippen molar-refractivity contribution in [2.45, 2.75) is 26.2 Å². The van der Waals surface area contributed by atoms with Gasteiger partial charge in [0.2, 0.25) is 0 Å². The number of likely N-dealkylation sites (N-methyl/N-ethyl adjacent to an activating group) is 1. The second-order valence-electron chi connectivity index (χ2n) is 6.26. The van der Waals surface area contributed by atoms with E-state index in [1.807, 2.05) is 18.4 Å². The fourth-order valence-electron chi connectivity index (χ4n) is 2.34. The van der Waals surface area contributed by atoms with E-state index in [0.717, 1.165) is 44.6 Å². The molecule has 1 heterocycles. The van der Waals surface area contributed by atoms with E-state index in [-0.39, 0.29) is 0 Å². The van der Waals surface area contributed by atoms with E-state index >= 15 is 0 Å². The summed E-state index contributed by atoms with van der Waals surface area (Å²) in [6.07, 6.45) is 3.82. The number of hydrogen-bond acceptors (Lipinski definition) is 3. The van der Waals surface area contributed by atoms with Crippen molar-refractivity contribution in [2.75, 3.05) is 40.4 Å². The smallest absolute Gasteiger partial charge is 0.193 e. The molecule has 2 rings (SSSR count). The molecule has 1 saturated carbocycles. The molecule has 124 valence electrons. The van der Waals surface area contributed by atoms with Gasteiger partial charge in [-0.25, -0.2) is 0 Å². The summed E-state index contributed by atoms with van der Waals surface area (Å²) in [5.41, 5.74) is 0. The predicted molar refractivity (Wildman–Crippen MR) is 94.7 cm³/mol. The molecule has 1 aromatic rings. The Kier molecular flexibility index (Phi) is 7.19. The molecule has 0 aromatic carbocycles. The monoisotopic (exact) mass is 323 g/mol. The normalized spacial score (nSPS) is 16.6. The molecule has 0 aliphatic heterocycles. The van der Waals surface area contributed by atoms with Crippen molar-refractivity contribution < 1.29 is 4.74 Å². The highest BCUT2D eigenvalue weighted by atomic mass is 32.1. The average molecular weight is 324 g/mol. The molecule has 22 heavy (non-hydrogen) atoms. The standard InChI is InChI=1S/C17H29N3OS/c1-14(11-16-5-4-10-22-16)12-19-17(18-2)20(3)8-9-21-13-15-6-7-15/h4-5,10,14-15H,6-9,11-13H2,1-3H3,(H,18,19). The maximum Gasteiger partial charge on any atom is 0.193 e. The maximum atomic E-state index is 5.70. The zero-order chi connectivity index (χ0) is 15.8. The van der Waals surface area contributed by atoms with Crippen LogP contribution in [0.2, 0.25) is 0 Å². The fourth-order valence-corrected chi connectivity index (χ4v) is 3.21. The Bertz CT molecular complexity index is 443. The highest BCUT2D eigenvalue weighted by Crippen LogP contribution is 2.28. The highest BCUT2D eigenvalue weighted by molar-refractivity contribution is 7.09. The van der Waals surface area contributed by atoms with Crippen LogP contribution in [-0.2, 0) is 11.2 Å². The molecule has 0 radical (unpaired) electrons. The van der Waals surface area contributed by atoms with E-state index in [4.69, 9.17) is 4.74 Å². The van der Waals surface area contributed by atoms with Crippen LogP contribution in [0.25, 0.3) is 0 Å². The van der Waals surface area contributed by atoms with Crippen molar-refractivity contribution in [3.8, 4) is 0 Å². The third kappa shape index (κ3) is 6.36.